The molecule has 2 aromatic rings. The fraction of sp³-hybridized carbons (Fsp3) is 0.412. The Morgan fingerprint density at radius 1 is 1.24 bits per heavy atom. The smallest absolute Gasteiger partial charge is 0.118 e. The Hall–Kier alpha value is -1.29. The minimum atomic E-state index is 0.785. The molecule has 4 heteroatoms. The van der Waals surface area contributed by atoms with Gasteiger partial charge in [-0.1, -0.05) is 30.7 Å². The summed E-state index contributed by atoms with van der Waals surface area (Å²) in [5, 5.41) is 4.07. The van der Waals surface area contributed by atoms with Gasteiger partial charge < -0.3 is 9.73 Å². The van der Waals surface area contributed by atoms with Crippen LogP contribution in [0.2, 0.25) is 5.02 Å². The fourth-order valence-corrected chi connectivity index (χ4v) is 2.59. The van der Waals surface area contributed by atoms with Crippen LogP contribution in [-0.4, -0.2) is 18.5 Å². The number of halogens is 1. The van der Waals surface area contributed by atoms with Gasteiger partial charge in [-0.3, -0.25) is 4.90 Å². The van der Waals surface area contributed by atoms with Crippen LogP contribution < -0.4 is 5.32 Å². The highest BCUT2D eigenvalue weighted by atomic mass is 35.5. The summed E-state index contributed by atoms with van der Waals surface area (Å²) in [7, 11) is 2.11. The first kappa shape index (κ1) is 16.1. The molecule has 3 nitrogen and oxygen atoms in total. The van der Waals surface area contributed by atoms with Crippen LogP contribution in [0.25, 0.3) is 0 Å². The molecule has 0 atom stereocenters. The summed E-state index contributed by atoms with van der Waals surface area (Å²) >= 11 is 6.03. The molecule has 0 spiro atoms. The van der Waals surface area contributed by atoms with E-state index < -0.39 is 0 Å². The molecule has 0 aliphatic heterocycles. The molecule has 1 aromatic heterocycles. The summed E-state index contributed by atoms with van der Waals surface area (Å²) in [6.45, 7) is 7.59. The molecule has 0 radical (unpaired) electrons. The zero-order valence-corrected chi connectivity index (χ0v) is 13.7. The molecular formula is C17H23ClN2O. The molecule has 2 rings (SSSR count). The van der Waals surface area contributed by atoms with Gasteiger partial charge >= 0.3 is 0 Å². The first-order chi connectivity index (χ1) is 10.1. The molecule has 21 heavy (non-hydrogen) atoms. The van der Waals surface area contributed by atoms with E-state index in [1.165, 1.54) is 11.1 Å². The van der Waals surface area contributed by atoms with Crippen LogP contribution in [0.3, 0.4) is 0 Å². The van der Waals surface area contributed by atoms with Crippen LogP contribution in [0.1, 0.15) is 29.6 Å². The predicted octanol–water partition coefficient (Wildman–Crippen LogP) is 3.98. The third-order valence-electron chi connectivity index (χ3n) is 3.40. The van der Waals surface area contributed by atoms with E-state index in [1.54, 1.807) is 0 Å². The number of rotatable bonds is 7. The zero-order valence-electron chi connectivity index (χ0n) is 12.9. The monoisotopic (exact) mass is 306 g/mol. The summed E-state index contributed by atoms with van der Waals surface area (Å²) in [6.07, 6.45) is 0. The zero-order chi connectivity index (χ0) is 15.2. The Bertz CT molecular complexity index is 580. The Morgan fingerprint density at radius 3 is 2.76 bits per heavy atom. The Balaban J connectivity index is 1.96. The van der Waals surface area contributed by atoms with Crippen molar-refractivity contribution in [1.82, 2.24) is 10.2 Å². The second kappa shape index (κ2) is 7.64. The molecular weight excluding hydrogens is 284 g/mol. The van der Waals surface area contributed by atoms with Crippen LogP contribution in [0.4, 0.5) is 0 Å². The van der Waals surface area contributed by atoms with Crippen molar-refractivity contribution in [1.29, 1.82) is 0 Å². The summed E-state index contributed by atoms with van der Waals surface area (Å²) in [4.78, 5) is 2.26. The van der Waals surface area contributed by atoms with Crippen molar-refractivity contribution >= 4 is 11.6 Å². The normalized spacial score (nSPS) is 11.3. The van der Waals surface area contributed by atoms with Gasteiger partial charge in [-0.05, 0) is 44.3 Å². The van der Waals surface area contributed by atoms with E-state index in [4.69, 9.17) is 16.0 Å². The summed E-state index contributed by atoms with van der Waals surface area (Å²) in [6, 6.07) is 10.1. The van der Waals surface area contributed by atoms with Crippen LogP contribution in [0.15, 0.2) is 34.7 Å². The molecule has 0 saturated carbocycles. The van der Waals surface area contributed by atoms with Crippen molar-refractivity contribution in [3.05, 3.63) is 58.0 Å². The van der Waals surface area contributed by atoms with Crippen molar-refractivity contribution in [3.63, 3.8) is 0 Å². The largest absolute Gasteiger partial charge is 0.465 e. The number of nitrogens with one attached hydrogen (secondary N) is 1. The maximum atomic E-state index is 6.03. The molecule has 0 aliphatic rings. The quantitative estimate of drug-likeness (QED) is 0.838. The average Bonchev–Trinajstić information content (AvgIpc) is 2.77. The van der Waals surface area contributed by atoms with Crippen LogP contribution in [0, 0.1) is 6.92 Å². The van der Waals surface area contributed by atoms with Gasteiger partial charge in [0.25, 0.3) is 0 Å². The van der Waals surface area contributed by atoms with Gasteiger partial charge in [-0.15, -0.1) is 0 Å². The first-order valence-electron chi connectivity index (χ1n) is 7.30. The Kier molecular flexibility index (Phi) is 5.85. The van der Waals surface area contributed by atoms with Crippen molar-refractivity contribution in [2.24, 2.45) is 0 Å². The van der Waals surface area contributed by atoms with Gasteiger partial charge in [0.2, 0.25) is 0 Å². The van der Waals surface area contributed by atoms with E-state index in [1.807, 2.05) is 25.1 Å². The summed E-state index contributed by atoms with van der Waals surface area (Å²) < 4.78 is 5.78. The topological polar surface area (TPSA) is 28.4 Å². The van der Waals surface area contributed by atoms with Gasteiger partial charge in [0.05, 0.1) is 6.54 Å². The molecule has 0 fully saturated rings. The predicted molar refractivity (Wildman–Crippen MR) is 87.4 cm³/mol. The van der Waals surface area contributed by atoms with E-state index in [2.05, 4.69) is 36.3 Å². The minimum Gasteiger partial charge on any atom is -0.465 e. The molecule has 114 valence electrons. The van der Waals surface area contributed by atoms with Gasteiger partial charge in [0.1, 0.15) is 11.5 Å². The molecule has 1 aromatic carbocycles. The molecule has 1 N–H and O–H groups in total. The van der Waals surface area contributed by atoms with Gasteiger partial charge in [0, 0.05) is 23.7 Å². The number of benzene rings is 1. The van der Waals surface area contributed by atoms with Gasteiger partial charge in [-0.2, -0.15) is 0 Å². The van der Waals surface area contributed by atoms with Gasteiger partial charge in [0.15, 0.2) is 0 Å². The molecule has 0 unspecified atom stereocenters. The second-order valence-electron chi connectivity index (χ2n) is 5.38. The number of furan rings is 1. The number of nitrogens with zero attached hydrogens (tertiary/aromatic N) is 1. The highest BCUT2D eigenvalue weighted by Crippen LogP contribution is 2.18. The lowest BCUT2D eigenvalue weighted by atomic mass is 10.2. The number of hydrogen-bond acceptors (Lipinski definition) is 3. The lowest BCUT2D eigenvalue weighted by Gasteiger charge is -2.16. The lowest BCUT2D eigenvalue weighted by Crippen LogP contribution is -2.17. The van der Waals surface area contributed by atoms with Crippen molar-refractivity contribution in [2.45, 2.75) is 33.5 Å². The third kappa shape index (κ3) is 4.88. The highest BCUT2D eigenvalue weighted by Gasteiger charge is 2.10. The maximum absolute atomic E-state index is 6.03. The molecule has 0 amide bonds. The Labute approximate surface area is 131 Å². The van der Waals surface area contributed by atoms with Crippen LogP contribution in [-0.2, 0) is 19.6 Å². The van der Waals surface area contributed by atoms with Crippen molar-refractivity contribution in [3.8, 4) is 0 Å². The minimum absolute atomic E-state index is 0.785. The number of aryl methyl sites for hydroxylation is 1. The second-order valence-corrected chi connectivity index (χ2v) is 5.81. The van der Waals surface area contributed by atoms with Crippen molar-refractivity contribution < 1.29 is 4.42 Å². The molecule has 0 aliphatic carbocycles. The summed E-state index contributed by atoms with van der Waals surface area (Å²) in [5.74, 6) is 2.00. The van der Waals surface area contributed by atoms with E-state index >= 15 is 0 Å². The summed E-state index contributed by atoms with van der Waals surface area (Å²) in [5.41, 5.74) is 2.46. The lowest BCUT2D eigenvalue weighted by molar-refractivity contribution is 0.316. The SMILES string of the molecule is CCNCc1cc(CN(C)Cc2cccc(Cl)c2)c(C)o1. The third-order valence-corrected chi connectivity index (χ3v) is 3.64. The van der Waals surface area contributed by atoms with Crippen molar-refractivity contribution in [2.75, 3.05) is 13.6 Å². The van der Waals surface area contributed by atoms with E-state index in [-0.39, 0.29) is 0 Å². The fourth-order valence-electron chi connectivity index (χ4n) is 2.37. The van der Waals surface area contributed by atoms with E-state index in [0.717, 1.165) is 42.7 Å². The average molecular weight is 307 g/mol. The van der Waals surface area contributed by atoms with E-state index in [0.29, 0.717) is 0 Å². The molecule has 0 bridgehead atoms. The van der Waals surface area contributed by atoms with Gasteiger partial charge in [-0.25, -0.2) is 0 Å². The maximum Gasteiger partial charge on any atom is 0.118 e. The molecule has 1 heterocycles. The molecule has 0 saturated heterocycles. The van der Waals surface area contributed by atoms with Crippen LogP contribution >= 0.6 is 11.6 Å². The standard InChI is InChI=1S/C17H23ClN2O/c1-4-19-10-17-9-15(13(2)21-17)12-20(3)11-14-6-5-7-16(18)8-14/h5-9,19H,4,10-12H2,1-3H3. The number of hydrogen-bond donors (Lipinski definition) is 1. The Morgan fingerprint density at radius 2 is 2.05 bits per heavy atom. The van der Waals surface area contributed by atoms with E-state index in [9.17, 15) is 0 Å². The first-order valence-corrected chi connectivity index (χ1v) is 7.68. The highest BCUT2D eigenvalue weighted by molar-refractivity contribution is 6.30. The van der Waals surface area contributed by atoms with Crippen LogP contribution in [0.5, 0.6) is 0 Å².